The zero-order valence-corrected chi connectivity index (χ0v) is 11.9. The topological polar surface area (TPSA) is 57.0 Å². The monoisotopic (exact) mass is 278 g/mol. The van der Waals surface area contributed by atoms with Gasteiger partial charge in [-0.15, -0.1) is 0 Å². The summed E-state index contributed by atoms with van der Waals surface area (Å²) in [6, 6.07) is 5.92. The van der Waals surface area contributed by atoms with Crippen LogP contribution in [0.1, 0.15) is 19.8 Å². The normalized spacial score (nSPS) is 21.4. The van der Waals surface area contributed by atoms with Crippen LogP contribution in [0.3, 0.4) is 0 Å². The Morgan fingerprint density at radius 3 is 2.90 bits per heavy atom. The fourth-order valence-electron chi connectivity index (χ4n) is 3.02. The Labute approximate surface area is 119 Å². The molecule has 0 bridgehead atoms. The predicted molar refractivity (Wildman–Crippen MR) is 78.1 cm³/mol. The van der Waals surface area contributed by atoms with Gasteiger partial charge in [-0.3, -0.25) is 0 Å². The van der Waals surface area contributed by atoms with Crippen molar-refractivity contribution in [3.63, 3.8) is 0 Å². The van der Waals surface area contributed by atoms with E-state index in [4.69, 9.17) is 19.9 Å². The second-order valence-electron chi connectivity index (χ2n) is 5.25. The van der Waals surface area contributed by atoms with Crippen LogP contribution >= 0.6 is 0 Å². The Morgan fingerprint density at radius 2 is 2.15 bits per heavy atom. The van der Waals surface area contributed by atoms with Crippen LogP contribution < -0.4 is 15.4 Å². The molecule has 20 heavy (non-hydrogen) atoms. The molecule has 1 spiro atoms. The molecule has 0 unspecified atom stereocenters. The van der Waals surface area contributed by atoms with E-state index < -0.39 is 5.79 Å². The van der Waals surface area contributed by atoms with Gasteiger partial charge in [-0.2, -0.15) is 0 Å². The predicted octanol–water partition coefficient (Wildman–Crippen LogP) is 2.01. The van der Waals surface area contributed by atoms with Gasteiger partial charge in [-0.05, 0) is 25.5 Å². The van der Waals surface area contributed by atoms with Crippen molar-refractivity contribution in [2.75, 3.05) is 43.5 Å². The van der Waals surface area contributed by atoms with Gasteiger partial charge in [0.15, 0.2) is 5.79 Å². The third-order valence-electron chi connectivity index (χ3n) is 3.91. The molecule has 0 amide bonds. The molecular weight excluding hydrogens is 256 g/mol. The fraction of sp³-hybridized carbons (Fsp3) is 0.600. The average molecular weight is 278 g/mol. The van der Waals surface area contributed by atoms with E-state index in [9.17, 15) is 0 Å². The summed E-state index contributed by atoms with van der Waals surface area (Å²) in [4.78, 5) is 2.24. The summed E-state index contributed by atoms with van der Waals surface area (Å²) in [6.45, 7) is 5.64. The Kier molecular flexibility index (Phi) is 3.72. The van der Waals surface area contributed by atoms with Gasteiger partial charge in [0.05, 0.1) is 37.7 Å². The lowest BCUT2D eigenvalue weighted by molar-refractivity contribution is -0.161. The van der Waals surface area contributed by atoms with E-state index >= 15 is 0 Å². The summed E-state index contributed by atoms with van der Waals surface area (Å²) in [6.07, 6.45) is 1.99. The van der Waals surface area contributed by atoms with Crippen molar-refractivity contribution in [2.24, 2.45) is 0 Å². The lowest BCUT2D eigenvalue weighted by Gasteiger charge is -2.40. The van der Waals surface area contributed by atoms with E-state index in [0.29, 0.717) is 25.5 Å². The van der Waals surface area contributed by atoms with E-state index in [1.807, 2.05) is 25.1 Å². The van der Waals surface area contributed by atoms with Gasteiger partial charge in [-0.1, -0.05) is 6.07 Å². The van der Waals surface area contributed by atoms with Gasteiger partial charge in [0.25, 0.3) is 0 Å². The number of benzene rings is 1. The molecule has 1 aromatic carbocycles. The van der Waals surface area contributed by atoms with E-state index in [1.54, 1.807) is 0 Å². The van der Waals surface area contributed by atoms with Crippen LogP contribution in [0.5, 0.6) is 5.75 Å². The number of anilines is 2. The summed E-state index contributed by atoms with van der Waals surface area (Å²) in [5, 5.41) is 0. The molecule has 0 saturated carbocycles. The maximum atomic E-state index is 6.24. The summed E-state index contributed by atoms with van der Waals surface area (Å²) < 4.78 is 17.2. The Bertz CT molecular complexity index is 472. The van der Waals surface area contributed by atoms with Crippen molar-refractivity contribution in [2.45, 2.75) is 25.6 Å². The third-order valence-corrected chi connectivity index (χ3v) is 3.91. The smallest absolute Gasteiger partial charge is 0.186 e. The second kappa shape index (κ2) is 5.50. The standard InChI is InChI=1S/C15H22N2O3/c1-2-18-13-6-3-5-12(14(13)16)17-8-4-7-15(11-17)19-9-10-20-15/h3,5-6H,2,4,7-11,16H2,1H3. The zero-order valence-electron chi connectivity index (χ0n) is 11.9. The lowest BCUT2D eigenvalue weighted by Crippen LogP contribution is -2.49. The number of nitrogen functional groups attached to an aromatic ring is 1. The largest absolute Gasteiger partial charge is 0.492 e. The van der Waals surface area contributed by atoms with Crippen LogP contribution in [0.15, 0.2) is 18.2 Å². The molecule has 2 aliphatic rings. The van der Waals surface area contributed by atoms with Crippen molar-refractivity contribution in [3.05, 3.63) is 18.2 Å². The number of piperidine rings is 1. The van der Waals surface area contributed by atoms with E-state index in [1.165, 1.54) is 0 Å². The minimum atomic E-state index is -0.438. The highest BCUT2D eigenvalue weighted by Gasteiger charge is 2.41. The first-order chi connectivity index (χ1) is 9.74. The van der Waals surface area contributed by atoms with Crippen molar-refractivity contribution in [3.8, 4) is 5.75 Å². The first-order valence-electron chi connectivity index (χ1n) is 7.28. The minimum absolute atomic E-state index is 0.438. The quantitative estimate of drug-likeness (QED) is 0.857. The first-order valence-corrected chi connectivity index (χ1v) is 7.28. The fourth-order valence-corrected chi connectivity index (χ4v) is 3.02. The molecule has 0 radical (unpaired) electrons. The second-order valence-corrected chi connectivity index (χ2v) is 5.25. The molecule has 5 nitrogen and oxygen atoms in total. The Hall–Kier alpha value is -1.46. The molecule has 1 aromatic rings. The molecule has 2 aliphatic heterocycles. The number of nitrogens with zero attached hydrogens (tertiary/aromatic N) is 1. The first kappa shape index (κ1) is 13.5. The van der Waals surface area contributed by atoms with Crippen molar-refractivity contribution < 1.29 is 14.2 Å². The average Bonchev–Trinajstić information content (AvgIpc) is 2.89. The molecule has 3 rings (SSSR count). The van der Waals surface area contributed by atoms with Crippen LogP contribution in [0.4, 0.5) is 11.4 Å². The molecule has 5 heteroatoms. The van der Waals surface area contributed by atoms with Gasteiger partial charge >= 0.3 is 0 Å². The molecule has 0 aliphatic carbocycles. The Morgan fingerprint density at radius 1 is 1.35 bits per heavy atom. The van der Waals surface area contributed by atoms with Gasteiger partial charge in [0.2, 0.25) is 0 Å². The summed E-state index contributed by atoms with van der Waals surface area (Å²) in [7, 11) is 0. The number of ether oxygens (including phenoxy) is 3. The van der Waals surface area contributed by atoms with E-state index in [2.05, 4.69) is 4.90 Å². The molecule has 2 heterocycles. The summed E-state index contributed by atoms with van der Waals surface area (Å²) in [5.74, 6) is 0.310. The highest BCUT2D eigenvalue weighted by Crippen LogP contribution is 2.37. The van der Waals surface area contributed by atoms with Crippen LogP contribution in [0, 0.1) is 0 Å². The molecule has 0 aromatic heterocycles. The maximum absolute atomic E-state index is 6.24. The van der Waals surface area contributed by atoms with Crippen molar-refractivity contribution in [1.29, 1.82) is 0 Å². The molecule has 2 saturated heterocycles. The van der Waals surface area contributed by atoms with Crippen LogP contribution in [0.25, 0.3) is 0 Å². The van der Waals surface area contributed by atoms with Crippen molar-refractivity contribution >= 4 is 11.4 Å². The van der Waals surface area contributed by atoms with Crippen molar-refractivity contribution in [1.82, 2.24) is 0 Å². The SMILES string of the molecule is CCOc1cccc(N2CCCC3(C2)OCCO3)c1N. The molecule has 2 fully saturated rings. The molecule has 0 atom stereocenters. The number of hydrogen-bond donors (Lipinski definition) is 1. The number of para-hydroxylation sites is 1. The minimum Gasteiger partial charge on any atom is -0.492 e. The van der Waals surface area contributed by atoms with Gasteiger partial charge < -0.3 is 24.8 Å². The van der Waals surface area contributed by atoms with Gasteiger partial charge in [-0.25, -0.2) is 0 Å². The number of rotatable bonds is 3. The molecule has 2 N–H and O–H groups in total. The van der Waals surface area contributed by atoms with Crippen LogP contribution in [0.2, 0.25) is 0 Å². The highest BCUT2D eigenvalue weighted by molar-refractivity contribution is 5.74. The third kappa shape index (κ3) is 2.43. The van der Waals surface area contributed by atoms with Crippen LogP contribution in [-0.2, 0) is 9.47 Å². The van der Waals surface area contributed by atoms with Gasteiger partial charge in [0.1, 0.15) is 5.75 Å². The highest BCUT2D eigenvalue weighted by atomic mass is 16.7. The molecule has 110 valence electrons. The van der Waals surface area contributed by atoms with Crippen LogP contribution in [-0.4, -0.2) is 38.7 Å². The molecular formula is C15H22N2O3. The summed E-state index contributed by atoms with van der Waals surface area (Å²) >= 11 is 0. The Balaban J connectivity index is 1.83. The lowest BCUT2D eigenvalue weighted by atomic mass is 10.0. The number of hydrogen-bond acceptors (Lipinski definition) is 5. The maximum Gasteiger partial charge on any atom is 0.186 e. The van der Waals surface area contributed by atoms with Gasteiger partial charge in [0, 0.05) is 13.0 Å². The summed E-state index contributed by atoms with van der Waals surface area (Å²) in [5.41, 5.74) is 7.95. The number of nitrogens with two attached hydrogens (primary N) is 1. The van der Waals surface area contributed by atoms with E-state index in [-0.39, 0.29) is 0 Å². The zero-order chi connectivity index (χ0) is 14.0. The van der Waals surface area contributed by atoms with E-state index in [0.717, 1.165) is 37.4 Å².